The van der Waals surface area contributed by atoms with E-state index in [4.69, 9.17) is 0 Å². The highest BCUT2D eigenvalue weighted by molar-refractivity contribution is 5.86. The van der Waals surface area contributed by atoms with Gasteiger partial charge in [0.05, 0.1) is 11.4 Å². The molecular weight excluding hydrogens is 641 g/mol. The van der Waals surface area contributed by atoms with E-state index in [1.165, 1.54) is 89.0 Å². The van der Waals surface area contributed by atoms with E-state index < -0.39 is 0 Å². The Morgan fingerprint density at radius 1 is 0.358 bits per heavy atom. The molecule has 0 radical (unpaired) electrons. The molecule has 0 atom stereocenters. The fraction of sp³-hybridized carbons (Fsp3) is 0.0980. The third-order valence-electron chi connectivity index (χ3n) is 10.8. The summed E-state index contributed by atoms with van der Waals surface area (Å²) < 4.78 is 0. The molecule has 0 unspecified atom stereocenters. The first-order valence-corrected chi connectivity index (χ1v) is 18.5. The van der Waals surface area contributed by atoms with E-state index in [-0.39, 0.29) is 0 Å². The predicted octanol–water partition coefficient (Wildman–Crippen LogP) is 12.5. The first-order chi connectivity index (χ1) is 26.1. The molecule has 0 N–H and O–H groups in total. The largest absolute Gasteiger partial charge is 0.257 e. The standard InChI is InChI=1S/2C20H16.C11H8N2/c2*1-14-6-4-8-15(12-14)18-10-5-11-19-17-9-3-2-7-16(17)13-20(18)19;1-2-4-9-8(3-1)7-10-11(9)13-6-5-12-10/h2*2-12H,13H2,1H3;1-6H,7H2. The van der Waals surface area contributed by atoms with Crippen LogP contribution >= 0.6 is 0 Å². The first-order valence-electron chi connectivity index (χ1n) is 18.5. The van der Waals surface area contributed by atoms with Gasteiger partial charge in [-0.1, -0.05) is 169 Å². The zero-order valence-corrected chi connectivity index (χ0v) is 30.2. The van der Waals surface area contributed by atoms with Crippen molar-refractivity contribution in [3.8, 4) is 55.8 Å². The third kappa shape index (κ3) is 6.27. The Balaban J connectivity index is 0.000000108. The van der Waals surface area contributed by atoms with Crippen LogP contribution in [0.2, 0.25) is 0 Å². The fourth-order valence-corrected chi connectivity index (χ4v) is 8.29. The van der Waals surface area contributed by atoms with Crippen LogP contribution < -0.4 is 0 Å². The van der Waals surface area contributed by atoms with Crippen LogP contribution in [0.1, 0.15) is 44.6 Å². The predicted molar refractivity (Wildman–Crippen MR) is 220 cm³/mol. The number of aryl methyl sites for hydroxylation is 2. The maximum absolute atomic E-state index is 4.34. The van der Waals surface area contributed by atoms with E-state index in [0.29, 0.717) is 0 Å². The molecule has 0 saturated heterocycles. The zero-order chi connectivity index (χ0) is 35.7. The summed E-state index contributed by atoms with van der Waals surface area (Å²) in [6.45, 7) is 4.31. The SMILES string of the molecule is Cc1cccc(-c2cccc3c2Cc2ccccc2-3)c1.Cc1cccc(-c2cccc3c2Cc2ccccc2-3)c1.c1ccc2c(c1)Cc1nccnc1-2. The Morgan fingerprint density at radius 3 is 1.30 bits per heavy atom. The Morgan fingerprint density at radius 2 is 0.774 bits per heavy atom. The lowest BCUT2D eigenvalue weighted by molar-refractivity contribution is 1.08. The van der Waals surface area contributed by atoms with Crippen LogP contribution in [0.25, 0.3) is 55.8 Å². The number of benzene rings is 7. The molecule has 7 aromatic carbocycles. The van der Waals surface area contributed by atoms with Gasteiger partial charge in [0.2, 0.25) is 0 Å². The van der Waals surface area contributed by atoms with Crippen LogP contribution in [-0.2, 0) is 19.3 Å². The molecule has 0 saturated carbocycles. The quantitative estimate of drug-likeness (QED) is 0.182. The Bertz CT molecular complexity index is 2450. The molecule has 0 amide bonds. The van der Waals surface area contributed by atoms with Crippen molar-refractivity contribution in [2.45, 2.75) is 33.1 Å². The van der Waals surface area contributed by atoms with Gasteiger partial charge in [0.25, 0.3) is 0 Å². The Hall–Kier alpha value is -6.38. The van der Waals surface area contributed by atoms with E-state index in [1.807, 2.05) is 6.07 Å². The van der Waals surface area contributed by atoms with E-state index in [9.17, 15) is 0 Å². The molecule has 3 aliphatic carbocycles. The van der Waals surface area contributed by atoms with Crippen molar-refractivity contribution in [2.75, 3.05) is 0 Å². The van der Waals surface area contributed by atoms with Crippen LogP contribution in [0.4, 0.5) is 0 Å². The van der Waals surface area contributed by atoms with Gasteiger partial charge in [-0.15, -0.1) is 0 Å². The Labute approximate surface area is 312 Å². The van der Waals surface area contributed by atoms with Crippen LogP contribution in [-0.4, -0.2) is 9.97 Å². The molecule has 254 valence electrons. The number of nitrogens with zero attached hydrogens (tertiary/aromatic N) is 2. The lowest BCUT2D eigenvalue weighted by atomic mass is 9.95. The summed E-state index contributed by atoms with van der Waals surface area (Å²) in [6.07, 6.45) is 6.54. The van der Waals surface area contributed by atoms with Gasteiger partial charge in [0.15, 0.2) is 0 Å². The minimum Gasteiger partial charge on any atom is -0.257 e. The van der Waals surface area contributed by atoms with Gasteiger partial charge >= 0.3 is 0 Å². The third-order valence-corrected chi connectivity index (χ3v) is 10.8. The van der Waals surface area contributed by atoms with Crippen molar-refractivity contribution >= 4 is 0 Å². The molecule has 0 aliphatic heterocycles. The highest BCUT2D eigenvalue weighted by Gasteiger charge is 2.22. The van der Waals surface area contributed by atoms with Crippen molar-refractivity contribution < 1.29 is 0 Å². The highest BCUT2D eigenvalue weighted by Crippen LogP contribution is 2.43. The highest BCUT2D eigenvalue weighted by atomic mass is 14.8. The van der Waals surface area contributed by atoms with Crippen LogP contribution in [0.3, 0.4) is 0 Å². The average molecular weight is 681 g/mol. The minimum absolute atomic E-state index is 0.930. The van der Waals surface area contributed by atoms with Crippen LogP contribution in [0.5, 0.6) is 0 Å². The number of rotatable bonds is 2. The molecular formula is C51H40N2. The molecule has 1 aromatic heterocycles. The lowest BCUT2D eigenvalue weighted by Crippen LogP contribution is -1.88. The molecule has 1 heterocycles. The monoisotopic (exact) mass is 680 g/mol. The average Bonchev–Trinajstić information content (AvgIpc) is 3.90. The van der Waals surface area contributed by atoms with Gasteiger partial charge in [0, 0.05) is 24.4 Å². The van der Waals surface area contributed by atoms with Gasteiger partial charge < -0.3 is 0 Å². The van der Waals surface area contributed by atoms with Crippen molar-refractivity contribution in [2.24, 2.45) is 0 Å². The van der Waals surface area contributed by atoms with E-state index in [2.05, 4.69) is 175 Å². The van der Waals surface area contributed by atoms with E-state index in [1.54, 1.807) is 12.4 Å². The van der Waals surface area contributed by atoms with Crippen molar-refractivity contribution in [1.29, 1.82) is 0 Å². The topological polar surface area (TPSA) is 25.8 Å². The minimum atomic E-state index is 0.930. The zero-order valence-electron chi connectivity index (χ0n) is 30.2. The van der Waals surface area contributed by atoms with Crippen LogP contribution in [0.15, 0.2) is 170 Å². The van der Waals surface area contributed by atoms with E-state index >= 15 is 0 Å². The molecule has 0 spiro atoms. The summed E-state index contributed by atoms with van der Waals surface area (Å²) in [6, 6.07) is 56.8. The van der Waals surface area contributed by atoms with Crippen molar-refractivity contribution in [3.63, 3.8) is 0 Å². The van der Waals surface area contributed by atoms with E-state index in [0.717, 1.165) is 30.7 Å². The Kier molecular flexibility index (Phi) is 8.57. The lowest BCUT2D eigenvalue weighted by Gasteiger charge is -2.09. The number of fused-ring (bicyclic) bond motifs is 9. The summed E-state index contributed by atoms with van der Waals surface area (Å²) in [5.41, 5.74) is 24.2. The molecule has 0 fully saturated rings. The second kappa shape index (κ2) is 14.0. The molecule has 2 nitrogen and oxygen atoms in total. The normalized spacial score (nSPS) is 12.1. The molecule has 3 aliphatic rings. The smallest absolute Gasteiger partial charge is 0.0923 e. The van der Waals surface area contributed by atoms with Gasteiger partial charge in [-0.2, -0.15) is 0 Å². The summed E-state index contributed by atoms with van der Waals surface area (Å²) in [5, 5.41) is 0. The molecule has 0 bridgehead atoms. The van der Waals surface area contributed by atoms with Gasteiger partial charge in [0.1, 0.15) is 0 Å². The summed E-state index contributed by atoms with van der Waals surface area (Å²) >= 11 is 0. The van der Waals surface area contributed by atoms with Gasteiger partial charge in [-0.3, -0.25) is 9.97 Å². The summed E-state index contributed by atoms with van der Waals surface area (Å²) in [4.78, 5) is 8.65. The van der Waals surface area contributed by atoms with Gasteiger partial charge in [-0.05, 0) is 99.0 Å². The molecule has 53 heavy (non-hydrogen) atoms. The van der Waals surface area contributed by atoms with Crippen LogP contribution in [0, 0.1) is 13.8 Å². The number of hydrogen-bond donors (Lipinski definition) is 0. The second-order valence-corrected chi connectivity index (χ2v) is 14.3. The summed E-state index contributed by atoms with van der Waals surface area (Å²) in [7, 11) is 0. The maximum Gasteiger partial charge on any atom is 0.0923 e. The maximum atomic E-state index is 4.34. The molecule has 2 heteroatoms. The summed E-state index contributed by atoms with van der Waals surface area (Å²) in [5.74, 6) is 0. The first kappa shape index (κ1) is 32.5. The second-order valence-electron chi connectivity index (χ2n) is 14.3. The van der Waals surface area contributed by atoms with Gasteiger partial charge in [-0.25, -0.2) is 0 Å². The van der Waals surface area contributed by atoms with Crippen molar-refractivity contribution in [1.82, 2.24) is 9.97 Å². The van der Waals surface area contributed by atoms with Crippen molar-refractivity contribution in [3.05, 3.63) is 215 Å². The number of hydrogen-bond acceptors (Lipinski definition) is 2. The molecule has 11 rings (SSSR count). The molecule has 8 aromatic rings. The number of aromatic nitrogens is 2. The fourth-order valence-electron chi connectivity index (χ4n) is 8.29.